The van der Waals surface area contributed by atoms with Gasteiger partial charge < -0.3 is 10.2 Å². The van der Waals surface area contributed by atoms with Gasteiger partial charge >= 0.3 is 11.9 Å². The van der Waals surface area contributed by atoms with Crippen LogP contribution in [-0.2, 0) is 16.0 Å². The van der Waals surface area contributed by atoms with E-state index in [4.69, 9.17) is 10.2 Å². The Morgan fingerprint density at radius 1 is 1.20 bits per heavy atom. The van der Waals surface area contributed by atoms with Crippen molar-refractivity contribution >= 4 is 11.9 Å². The van der Waals surface area contributed by atoms with Gasteiger partial charge in [-0.15, -0.1) is 0 Å². The number of carboxylic acids is 2. The fourth-order valence-electron chi connectivity index (χ4n) is 1.16. The molecule has 0 aliphatic heterocycles. The molecule has 0 radical (unpaired) electrons. The number of benzene rings is 1. The maximum Gasteiger partial charge on any atom is 0.318 e. The lowest BCUT2D eigenvalue weighted by atomic mass is 9.99. The first-order valence-electron chi connectivity index (χ1n) is 4.21. The molecule has 0 atom stereocenters. The van der Waals surface area contributed by atoms with Crippen LogP contribution < -0.4 is 0 Å². The highest BCUT2D eigenvalue weighted by atomic mass is 19.1. The van der Waals surface area contributed by atoms with Gasteiger partial charge in [0, 0.05) is 0 Å². The highest BCUT2D eigenvalue weighted by molar-refractivity contribution is 5.93. The molecule has 0 bridgehead atoms. The minimum atomic E-state index is -1.61. The molecule has 1 rings (SSSR count). The Morgan fingerprint density at radius 2 is 1.73 bits per heavy atom. The van der Waals surface area contributed by atoms with E-state index in [2.05, 4.69) is 0 Å². The molecule has 0 saturated carbocycles. The van der Waals surface area contributed by atoms with E-state index in [-0.39, 0.29) is 12.0 Å². The summed E-state index contributed by atoms with van der Waals surface area (Å²) in [7, 11) is 0. The standard InChI is InChI=1S/C10H9FO4/c11-8-4-2-1-3-6(8)5-7(9(12)13)10(14)15/h1-4,7H,5H2,(H,12,13)(H,14,15). The van der Waals surface area contributed by atoms with Crippen molar-refractivity contribution in [3.8, 4) is 0 Å². The number of carboxylic acid groups (broad SMARTS) is 2. The van der Waals surface area contributed by atoms with Crippen LogP contribution in [0.2, 0.25) is 0 Å². The number of aliphatic carboxylic acids is 2. The summed E-state index contributed by atoms with van der Waals surface area (Å²) in [6, 6.07) is 5.51. The molecule has 0 saturated heterocycles. The maximum absolute atomic E-state index is 13.1. The molecule has 0 unspecified atom stereocenters. The normalized spacial score (nSPS) is 10.3. The maximum atomic E-state index is 13.1. The molecule has 1 aromatic carbocycles. The van der Waals surface area contributed by atoms with Crippen molar-refractivity contribution in [3.63, 3.8) is 0 Å². The van der Waals surface area contributed by atoms with Gasteiger partial charge in [0.25, 0.3) is 0 Å². The van der Waals surface area contributed by atoms with E-state index in [1.54, 1.807) is 0 Å². The molecule has 4 nitrogen and oxygen atoms in total. The van der Waals surface area contributed by atoms with Crippen LogP contribution >= 0.6 is 0 Å². The van der Waals surface area contributed by atoms with Gasteiger partial charge in [-0.05, 0) is 18.1 Å². The Labute approximate surface area is 85.0 Å². The smallest absolute Gasteiger partial charge is 0.318 e. The number of hydrogen-bond donors (Lipinski definition) is 2. The summed E-state index contributed by atoms with van der Waals surface area (Å²) in [5.41, 5.74) is 0.0901. The summed E-state index contributed by atoms with van der Waals surface area (Å²) in [6.07, 6.45) is -0.350. The van der Waals surface area contributed by atoms with Crippen LogP contribution in [0, 0.1) is 11.7 Å². The average molecular weight is 212 g/mol. The molecule has 0 aliphatic carbocycles. The zero-order chi connectivity index (χ0) is 11.4. The lowest BCUT2D eigenvalue weighted by Gasteiger charge is -2.07. The molecule has 0 amide bonds. The van der Waals surface area contributed by atoms with Gasteiger partial charge in [-0.3, -0.25) is 9.59 Å². The molecule has 15 heavy (non-hydrogen) atoms. The number of hydrogen-bond acceptors (Lipinski definition) is 2. The fourth-order valence-corrected chi connectivity index (χ4v) is 1.16. The third kappa shape index (κ3) is 2.77. The fraction of sp³-hybridized carbons (Fsp3) is 0.200. The highest BCUT2D eigenvalue weighted by Gasteiger charge is 2.26. The van der Waals surface area contributed by atoms with Crippen LogP contribution in [0.3, 0.4) is 0 Å². The summed E-state index contributed by atoms with van der Waals surface area (Å²) in [6.45, 7) is 0. The predicted octanol–water partition coefficient (Wildman–Crippen LogP) is 1.15. The third-order valence-electron chi connectivity index (χ3n) is 1.98. The van der Waals surface area contributed by atoms with Crippen molar-refractivity contribution in [2.75, 3.05) is 0 Å². The van der Waals surface area contributed by atoms with Crippen molar-refractivity contribution in [3.05, 3.63) is 35.6 Å². The zero-order valence-electron chi connectivity index (χ0n) is 7.68. The predicted molar refractivity (Wildman–Crippen MR) is 48.9 cm³/mol. The largest absolute Gasteiger partial charge is 0.481 e. The molecule has 0 spiro atoms. The molecule has 1 aromatic rings. The molecule has 0 heterocycles. The SMILES string of the molecule is O=C(O)C(Cc1ccccc1F)C(=O)O. The molecule has 2 N–H and O–H groups in total. The van der Waals surface area contributed by atoms with E-state index < -0.39 is 23.7 Å². The lowest BCUT2D eigenvalue weighted by Crippen LogP contribution is -2.25. The third-order valence-corrected chi connectivity index (χ3v) is 1.98. The molecule has 0 fully saturated rings. The van der Waals surface area contributed by atoms with Crippen molar-refractivity contribution < 1.29 is 24.2 Å². The molecular weight excluding hydrogens is 203 g/mol. The van der Waals surface area contributed by atoms with Gasteiger partial charge in [-0.1, -0.05) is 18.2 Å². The monoisotopic (exact) mass is 212 g/mol. The molecule has 5 heteroatoms. The van der Waals surface area contributed by atoms with Gasteiger partial charge in [0.1, 0.15) is 5.82 Å². The van der Waals surface area contributed by atoms with Crippen molar-refractivity contribution in [1.29, 1.82) is 0 Å². The molecular formula is C10H9FO4. The van der Waals surface area contributed by atoms with Crippen LogP contribution in [0.4, 0.5) is 4.39 Å². The second kappa shape index (κ2) is 4.54. The molecule has 80 valence electrons. The number of carbonyl (C=O) groups is 2. The summed E-state index contributed by atoms with van der Waals surface area (Å²) >= 11 is 0. The quantitative estimate of drug-likeness (QED) is 0.734. The zero-order valence-corrected chi connectivity index (χ0v) is 7.68. The first-order valence-corrected chi connectivity index (χ1v) is 4.21. The average Bonchev–Trinajstić information content (AvgIpc) is 2.15. The van der Waals surface area contributed by atoms with Gasteiger partial charge in [0.2, 0.25) is 0 Å². The Balaban J connectivity index is 2.88. The van der Waals surface area contributed by atoms with Crippen molar-refractivity contribution in [2.24, 2.45) is 5.92 Å². The Morgan fingerprint density at radius 3 is 2.20 bits per heavy atom. The van der Waals surface area contributed by atoms with Crippen LogP contribution in [-0.4, -0.2) is 22.2 Å². The van der Waals surface area contributed by atoms with E-state index in [0.29, 0.717) is 0 Å². The van der Waals surface area contributed by atoms with Gasteiger partial charge in [0.05, 0.1) is 0 Å². The molecule has 0 aliphatic rings. The summed E-state index contributed by atoms with van der Waals surface area (Å²) in [5.74, 6) is -5.14. The molecule has 0 aromatic heterocycles. The summed E-state index contributed by atoms with van der Waals surface area (Å²) in [5, 5.41) is 17.2. The van der Waals surface area contributed by atoms with Crippen LogP contribution in [0.1, 0.15) is 5.56 Å². The van der Waals surface area contributed by atoms with Crippen molar-refractivity contribution in [2.45, 2.75) is 6.42 Å². The summed E-state index contributed by atoms with van der Waals surface area (Å²) in [4.78, 5) is 21.1. The summed E-state index contributed by atoms with van der Waals surface area (Å²) < 4.78 is 13.1. The van der Waals surface area contributed by atoms with E-state index in [9.17, 15) is 14.0 Å². The number of rotatable bonds is 4. The van der Waals surface area contributed by atoms with Gasteiger partial charge in [-0.2, -0.15) is 0 Å². The number of halogens is 1. The van der Waals surface area contributed by atoms with Gasteiger partial charge in [-0.25, -0.2) is 4.39 Å². The first kappa shape index (κ1) is 11.2. The van der Waals surface area contributed by atoms with Crippen molar-refractivity contribution in [1.82, 2.24) is 0 Å². The lowest BCUT2D eigenvalue weighted by molar-refractivity contribution is -0.154. The minimum absolute atomic E-state index is 0.0901. The highest BCUT2D eigenvalue weighted by Crippen LogP contribution is 2.13. The topological polar surface area (TPSA) is 74.6 Å². The van der Waals surface area contributed by atoms with E-state index in [1.165, 1.54) is 18.2 Å². The Kier molecular flexibility index (Phi) is 3.38. The van der Waals surface area contributed by atoms with Gasteiger partial charge in [0.15, 0.2) is 5.92 Å². The second-order valence-electron chi connectivity index (χ2n) is 3.02. The second-order valence-corrected chi connectivity index (χ2v) is 3.02. The van der Waals surface area contributed by atoms with E-state index in [1.807, 2.05) is 0 Å². The van der Waals surface area contributed by atoms with E-state index >= 15 is 0 Å². The minimum Gasteiger partial charge on any atom is -0.481 e. The van der Waals surface area contributed by atoms with Crippen LogP contribution in [0.15, 0.2) is 24.3 Å². The van der Waals surface area contributed by atoms with E-state index in [0.717, 1.165) is 6.07 Å². The Hall–Kier alpha value is -1.91. The van der Waals surface area contributed by atoms with Crippen LogP contribution in [0.5, 0.6) is 0 Å². The Bertz CT molecular complexity index is 375. The van der Waals surface area contributed by atoms with Crippen LogP contribution in [0.25, 0.3) is 0 Å². The first-order chi connectivity index (χ1) is 7.02.